The number of carbonyl (C=O) groups excluding carboxylic acids is 1. The molecule has 10 heteroatoms. The van der Waals surface area contributed by atoms with Gasteiger partial charge in [0.2, 0.25) is 0 Å². The number of nitrogens with one attached hydrogen (secondary N) is 1. The number of methoxy groups -OCH3 is 1. The van der Waals surface area contributed by atoms with Gasteiger partial charge in [-0.05, 0) is 6.42 Å². The summed E-state index contributed by atoms with van der Waals surface area (Å²) in [4.78, 5) is 23.6. The zero-order chi connectivity index (χ0) is 25.0. The van der Waals surface area contributed by atoms with Crippen LogP contribution >= 0.6 is 7.82 Å². The van der Waals surface area contributed by atoms with Crippen molar-refractivity contribution in [3.63, 3.8) is 0 Å². The molecule has 0 aliphatic heterocycles. The highest BCUT2D eigenvalue weighted by Crippen LogP contribution is 2.38. The summed E-state index contributed by atoms with van der Waals surface area (Å²) in [6.07, 6.45) is 12.5. The molecule has 0 fully saturated rings. The van der Waals surface area contributed by atoms with Crippen molar-refractivity contribution < 1.29 is 37.3 Å². The maximum atomic E-state index is 11.8. The summed E-state index contributed by atoms with van der Waals surface area (Å²) < 4.78 is 32.3. The number of phosphoric acid groups is 1. The van der Waals surface area contributed by atoms with Crippen LogP contribution in [0, 0.1) is 0 Å². The van der Waals surface area contributed by atoms with Crippen LogP contribution in [0.5, 0.6) is 0 Å². The van der Waals surface area contributed by atoms with Gasteiger partial charge >= 0.3 is 6.09 Å². The van der Waals surface area contributed by atoms with Crippen molar-refractivity contribution in [2.24, 2.45) is 0 Å². The molecule has 33 heavy (non-hydrogen) atoms. The standard InChI is InChI=1S/C23H49N2O7P/c1-6-7-8-9-10-11-12-13-14-15-16-17-24-23(26)30-20-22(29-5)21-32-33(27,28)31-19-18-25(2,3)4/h22H,6-21H2,1-5H3,(H-,24,26,27,28). The first-order chi connectivity index (χ1) is 15.6. The Bertz CT molecular complexity index is 529. The molecule has 0 aromatic heterocycles. The van der Waals surface area contributed by atoms with E-state index in [1.165, 1.54) is 64.9 Å². The van der Waals surface area contributed by atoms with Gasteiger partial charge in [0.15, 0.2) is 0 Å². The minimum Gasteiger partial charge on any atom is -0.756 e. The molecule has 0 aromatic rings. The van der Waals surface area contributed by atoms with E-state index in [2.05, 4.69) is 12.2 Å². The first kappa shape index (κ1) is 32.3. The monoisotopic (exact) mass is 496 g/mol. The van der Waals surface area contributed by atoms with Crippen LogP contribution < -0.4 is 10.2 Å². The lowest BCUT2D eigenvalue weighted by Crippen LogP contribution is -2.37. The minimum atomic E-state index is -4.43. The Hall–Kier alpha value is -0.700. The third-order valence-corrected chi connectivity index (χ3v) is 6.18. The average Bonchev–Trinajstić information content (AvgIpc) is 2.73. The fourth-order valence-corrected chi connectivity index (χ4v) is 3.75. The van der Waals surface area contributed by atoms with E-state index in [1.54, 1.807) is 0 Å². The summed E-state index contributed by atoms with van der Waals surface area (Å²) in [5.74, 6) is 0. The molecule has 0 aromatic carbocycles. The Balaban J connectivity index is 3.74. The third-order valence-electron chi connectivity index (χ3n) is 5.21. The molecule has 0 radical (unpaired) electrons. The van der Waals surface area contributed by atoms with E-state index in [4.69, 9.17) is 18.5 Å². The van der Waals surface area contributed by atoms with Gasteiger partial charge in [-0.25, -0.2) is 4.79 Å². The number of amides is 1. The lowest BCUT2D eigenvalue weighted by atomic mass is 10.1. The summed E-state index contributed by atoms with van der Waals surface area (Å²) >= 11 is 0. The molecule has 0 rings (SSSR count). The van der Waals surface area contributed by atoms with Crippen molar-refractivity contribution >= 4 is 13.9 Å². The second-order valence-corrected chi connectivity index (χ2v) is 10.9. The van der Waals surface area contributed by atoms with Gasteiger partial charge in [-0.15, -0.1) is 0 Å². The van der Waals surface area contributed by atoms with Crippen molar-refractivity contribution in [2.75, 3.05) is 61.2 Å². The lowest BCUT2D eigenvalue weighted by Gasteiger charge is -2.28. The maximum absolute atomic E-state index is 11.8. The number of quaternary nitrogens is 1. The highest BCUT2D eigenvalue weighted by Gasteiger charge is 2.18. The lowest BCUT2D eigenvalue weighted by molar-refractivity contribution is -0.870. The van der Waals surface area contributed by atoms with Crippen LogP contribution in [-0.2, 0) is 23.1 Å². The van der Waals surface area contributed by atoms with Crippen molar-refractivity contribution in [1.82, 2.24) is 5.32 Å². The summed E-state index contributed by atoms with van der Waals surface area (Å²) in [6, 6.07) is 0. The molecule has 198 valence electrons. The quantitative estimate of drug-likeness (QED) is 0.136. The van der Waals surface area contributed by atoms with Crippen LogP contribution in [0.1, 0.15) is 77.6 Å². The largest absolute Gasteiger partial charge is 0.756 e. The topological polar surface area (TPSA) is 106 Å². The Kier molecular flexibility index (Phi) is 19.2. The number of likely N-dealkylation sites (N-methyl/N-ethyl adjacent to an activating group) is 1. The van der Waals surface area contributed by atoms with Crippen LogP contribution in [0.3, 0.4) is 0 Å². The SMILES string of the molecule is CCCCCCCCCCCCCNC(=O)OCC(COP(=O)([O-])OCC[N+](C)(C)C)OC. The zero-order valence-corrected chi connectivity index (χ0v) is 22.5. The second kappa shape index (κ2) is 19.6. The van der Waals surface area contributed by atoms with Gasteiger partial charge < -0.3 is 33.2 Å². The van der Waals surface area contributed by atoms with Gasteiger partial charge in [0.05, 0.1) is 27.7 Å². The van der Waals surface area contributed by atoms with Gasteiger partial charge in [0.1, 0.15) is 25.9 Å². The molecular weight excluding hydrogens is 447 g/mol. The molecule has 2 unspecified atom stereocenters. The highest BCUT2D eigenvalue weighted by atomic mass is 31.2. The van der Waals surface area contributed by atoms with Crippen molar-refractivity contribution in [3.05, 3.63) is 0 Å². The average molecular weight is 497 g/mol. The first-order valence-corrected chi connectivity index (χ1v) is 13.9. The number of unbranched alkanes of at least 4 members (excludes halogenated alkanes) is 10. The van der Waals surface area contributed by atoms with Crippen LogP contribution in [0.15, 0.2) is 0 Å². The first-order valence-electron chi connectivity index (χ1n) is 12.4. The summed E-state index contributed by atoms with van der Waals surface area (Å²) in [5, 5.41) is 2.71. The van der Waals surface area contributed by atoms with E-state index >= 15 is 0 Å². The Labute approximate surface area is 201 Å². The fourth-order valence-electron chi connectivity index (χ4n) is 3.02. The molecule has 1 amide bonds. The molecule has 0 saturated carbocycles. The van der Waals surface area contributed by atoms with Crippen LogP contribution in [0.4, 0.5) is 4.79 Å². The van der Waals surface area contributed by atoms with E-state index in [9.17, 15) is 14.3 Å². The van der Waals surface area contributed by atoms with Crippen molar-refractivity contribution in [2.45, 2.75) is 83.7 Å². The molecule has 0 spiro atoms. The molecule has 0 bridgehead atoms. The third kappa shape index (κ3) is 22.8. The van der Waals surface area contributed by atoms with Gasteiger partial charge in [0, 0.05) is 13.7 Å². The molecule has 0 aliphatic rings. The smallest absolute Gasteiger partial charge is 0.407 e. The summed E-state index contributed by atoms with van der Waals surface area (Å²) in [5.41, 5.74) is 0. The van der Waals surface area contributed by atoms with E-state index in [0.717, 1.165) is 12.8 Å². The number of rotatable bonds is 22. The van der Waals surface area contributed by atoms with E-state index in [-0.39, 0.29) is 19.8 Å². The van der Waals surface area contributed by atoms with E-state index in [0.29, 0.717) is 17.6 Å². The normalized spacial score (nSPS) is 14.6. The number of ether oxygens (including phenoxy) is 2. The highest BCUT2D eigenvalue weighted by molar-refractivity contribution is 7.45. The van der Waals surface area contributed by atoms with Crippen LogP contribution in [-0.4, -0.2) is 77.8 Å². The number of carbonyl (C=O) groups is 1. The molecule has 0 aliphatic carbocycles. The van der Waals surface area contributed by atoms with Crippen LogP contribution in [0.2, 0.25) is 0 Å². The van der Waals surface area contributed by atoms with Gasteiger partial charge in [0.25, 0.3) is 7.82 Å². The number of phosphoric ester groups is 1. The van der Waals surface area contributed by atoms with Crippen molar-refractivity contribution in [3.8, 4) is 0 Å². The molecule has 0 heterocycles. The van der Waals surface area contributed by atoms with Gasteiger partial charge in [-0.1, -0.05) is 71.1 Å². The number of hydrogen-bond donors (Lipinski definition) is 1. The summed E-state index contributed by atoms with van der Waals surface area (Å²) in [7, 11) is 2.76. The predicted molar refractivity (Wildman–Crippen MR) is 129 cm³/mol. The number of alkyl carbamates (subject to hydrolysis) is 1. The fraction of sp³-hybridized carbons (Fsp3) is 0.957. The van der Waals surface area contributed by atoms with Gasteiger partial charge in [-0.3, -0.25) is 4.57 Å². The van der Waals surface area contributed by atoms with E-state index in [1.807, 2.05) is 21.1 Å². The Morgan fingerprint density at radius 1 is 0.909 bits per heavy atom. The molecular formula is C23H49N2O7P. The number of nitrogens with zero attached hydrogens (tertiary/aromatic N) is 1. The maximum Gasteiger partial charge on any atom is 0.407 e. The van der Waals surface area contributed by atoms with E-state index < -0.39 is 20.0 Å². The molecule has 1 N–H and O–H groups in total. The molecule has 9 nitrogen and oxygen atoms in total. The second-order valence-electron chi connectivity index (χ2n) is 9.51. The van der Waals surface area contributed by atoms with Crippen LogP contribution in [0.25, 0.3) is 0 Å². The molecule has 0 saturated heterocycles. The van der Waals surface area contributed by atoms with Gasteiger partial charge in [-0.2, -0.15) is 0 Å². The zero-order valence-electron chi connectivity index (χ0n) is 21.6. The molecule has 2 atom stereocenters. The minimum absolute atomic E-state index is 0.0277. The van der Waals surface area contributed by atoms with Crippen molar-refractivity contribution in [1.29, 1.82) is 0 Å². The number of hydrogen-bond acceptors (Lipinski definition) is 7. The predicted octanol–water partition coefficient (Wildman–Crippen LogP) is 4.25. The summed E-state index contributed by atoms with van der Waals surface area (Å²) in [6.45, 7) is 2.94. The Morgan fingerprint density at radius 3 is 1.97 bits per heavy atom. The Morgan fingerprint density at radius 2 is 1.45 bits per heavy atom.